The van der Waals surface area contributed by atoms with Gasteiger partial charge in [0.1, 0.15) is 22.3 Å². The Morgan fingerprint density at radius 3 is 1.17 bits per heavy atom. The predicted octanol–water partition coefficient (Wildman–Crippen LogP) is 10.1. The van der Waals surface area contributed by atoms with Gasteiger partial charge in [0.2, 0.25) is 0 Å². The summed E-state index contributed by atoms with van der Waals surface area (Å²) in [6.45, 7) is 0. The van der Waals surface area contributed by atoms with Gasteiger partial charge < -0.3 is 8.83 Å². The lowest BCUT2D eigenvalue weighted by atomic mass is 9.89. The first-order valence-electron chi connectivity index (χ1n) is 12.3. The molecule has 0 fully saturated rings. The molecule has 9 aromatic rings. The quantitative estimate of drug-likeness (QED) is 0.167. The molecule has 0 amide bonds. The summed E-state index contributed by atoms with van der Waals surface area (Å²) in [6, 6.07) is 38.7. The van der Waals surface area contributed by atoms with E-state index in [1.807, 2.05) is 0 Å². The summed E-state index contributed by atoms with van der Waals surface area (Å²) < 4.78 is 13.2. The van der Waals surface area contributed by atoms with Crippen LogP contribution in [0, 0.1) is 0 Å². The lowest BCUT2D eigenvalue weighted by molar-refractivity contribution is 0.661. The van der Waals surface area contributed by atoms with Crippen LogP contribution in [0.2, 0.25) is 0 Å². The highest BCUT2D eigenvalue weighted by Gasteiger charge is 2.20. The van der Waals surface area contributed by atoms with Crippen LogP contribution in [-0.2, 0) is 0 Å². The zero-order valence-corrected chi connectivity index (χ0v) is 19.2. The first-order chi connectivity index (χ1) is 17.8. The maximum atomic E-state index is 6.58. The van der Waals surface area contributed by atoms with Crippen LogP contribution in [0.15, 0.2) is 118 Å². The van der Waals surface area contributed by atoms with Crippen LogP contribution in [-0.4, -0.2) is 0 Å². The van der Waals surface area contributed by atoms with Crippen molar-refractivity contribution in [2.24, 2.45) is 0 Å². The van der Waals surface area contributed by atoms with Crippen molar-refractivity contribution in [2.45, 2.75) is 0 Å². The maximum absolute atomic E-state index is 6.58. The van der Waals surface area contributed by atoms with Crippen molar-refractivity contribution in [3.05, 3.63) is 109 Å². The highest BCUT2D eigenvalue weighted by atomic mass is 16.3. The van der Waals surface area contributed by atoms with E-state index in [4.69, 9.17) is 8.83 Å². The summed E-state index contributed by atoms with van der Waals surface area (Å²) in [5.41, 5.74) is 3.61. The molecule has 7 aromatic carbocycles. The molecule has 0 aliphatic rings. The van der Waals surface area contributed by atoms with E-state index in [9.17, 15) is 0 Å². The minimum Gasteiger partial charge on any atom is -0.456 e. The molecule has 0 atom stereocenters. The third kappa shape index (κ3) is 2.26. The molecule has 0 saturated heterocycles. The molecule has 2 aromatic heterocycles. The van der Waals surface area contributed by atoms with Gasteiger partial charge in [0, 0.05) is 32.3 Å². The van der Waals surface area contributed by atoms with E-state index in [-0.39, 0.29) is 0 Å². The lowest BCUT2D eigenvalue weighted by Crippen LogP contribution is -1.90. The number of fused-ring (bicyclic) bond motifs is 8. The van der Waals surface area contributed by atoms with Gasteiger partial charge in [-0.25, -0.2) is 0 Å². The SMILES string of the molecule is c1ccc2cc3c(cc2c1)oc1cccc2c1c3c1cccc3oc4cc5ccccc5cc4c2c31. The molecule has 166 valence electrons. The molecule has 2 heteroatoms. The third-order valence-electron chi connectivity index (χ3n) is 7.77. The zero-order valence-electron chi connectivity index (χ0n) is 19.2. The van der Waals surface area contributed by atoms with Gasteiger partial charge in [-0.3, -0.25) is 0 Å². The van der Waals surface area contributed by atoms with Gasteiger partial charge >= 0.3 is 0 Å². The molecule has 0 N–H and O–H groups in total. The molecule has 0 saturated carbocycles. The smallest absolute Gasteiger partial charge is 0.135 e. The molecular weight excluding hydrogens is 440 g/mol. The Labute approximate surface area is 204 Å². The van der Waals surface area contributed by atoms with Crippen LogP contribution in [0.1, 0.15) is 0 Å². The Balaban J connectivity index is 1.63. The highest BCUT2D eigenvalue weighted by Crippen LogP contribution is 2.46. The molecule has 0 spiro atoms. The summed E-state index contributed by atoms with van der Waals surface area (Å²) in [5, 5.41) is 14.2. The first-order valence-corrected chi connectivity index (χ1v) is 12.3. The fourth-order valence-corrected chi connectivity index (χ4v) is 6.23. The minimum absolute atomic E-state index is 0.900. The first kappa shape index (κ1) is 18.5. The Morgan fingerprint density at radius 2 is 0.722 bits per heavy atom. The van der Waals surface area contributed by atoms with Crippen LogP contribution in [0.3, 0.4) is 0 Å². The molecular formula is C34H18O2. The average Bonchev–Trinajstić information content (AvgIpc) is 2.92. The van der Waals surface area contributed by atoms with Crippen molar-refractivity contribution in [3.63, 3.8) is 0 Å². The van der Waals surface area contributed by atoms with Crippen LogP contribution >= 0.6 is 0 Å². The molecule has 0 aliphatic carbocycles. The second-order valence-electron chi connectivity index (χ2n) is 9.70. The number of rotatable bonds is 0. The average molecular weight is 459 g/mol. The summed E-state index contributed by atoms with van der Waals surface area (Å²) in [7, 11) is 0. The monoisotopic (exact) mass is 458 g/mol. The number of benzene rings is 7. The zero-order chi connectivity index (χ0) is 23.4. The van der Waals surface area contributed by atoms with E-state index < -0.39 is 0 Å². The molecule has 0 bridgehead atoms. The molecule has 2 heterocycles. The van der Waals surface area contributed by atoms with Gasteiger partial charge in [0.05, 0.1) is 0 Å². The number of hydrogen-bond donors (Lipinski definition) is 0. The van der Waals surface area contributed by atoms with Crippen molar-refractivity contribution in [2.75, 3.05) is 0 Å². The van der Waals surface area contributed by atoms with E-state index in [1.54, 1.807) is 0 Å². The van der Waals surface area contributed by atoms with Gasteiger partial charge in [-0.15, -0.1) is 0 Å². The fourth-order valence-electron chi connectivity index (χ4n) is 6.23. The molecule has 0 unspecified atom stereocenters. The maximum Gasteiger partial charge on any atom is 0.135 e. The van der Waals surface area contributed by atoms with Gasteiger partial charge in [-0.2, -0.15) is 0 Å². The third-order valence-corrected chi connectivity index (χ3v) is 7.77. The second-order valence-corrected chi connectivity index (χ2v) is 9.70. The van der Waals surface area contributed by atoms with Crippen LogP contribution in [0.5, 0.6) is 0 Å². The summed E-state index contributed by atoms with van der Waals surface area (Å²) in [6.07, 6.45) is 0. The summed E-state index contributed by atoms with van der Waals surface area (Å²) >= 11 is 0. The highest BCUT2D eigenvalue weighted by molar-refractivity contribution is 6.40. The summed E-state index contributed by atoms with van der Waals surface area (Å²) in [4.78, 5) is 0. The van der Waals surface area contributed by atoms with Crippen molar-refractivity contribution in [1.82, 2.24) is 0 Å². The van der Waals surface area contributed by atoms with Gasteiger partial charge in [0.25, 0.3) is 0 Å². The van der Waals surface area contributed by atoms with E-state index in [1.165, 1.54) is 53.9 Å². The molecule has 0 aliphatic heterocycles. The van der Waals surface area contributed by atoms with Gasteiger partial charge in [-0.05, 0) is 68.7 Å². The van der Waals surface area contributed by atoms with Crippen LogP contribution in [0.25, 0.3) is 87.0 Å². The molecule has 36 heavy (non-hydrogen) atoms. The van der Waals surface area contributed by atoms with E-state index >= 15 is 0 Å². The molecule has 9 rings (SSSR count). The van der Waals surface area contributed by atoms with Gasteiger partial charge in [0.15, 0.2) is 0 Å². The Kier molecular flexibility index (Phi) is 3.31. The molecule has 2 nitrogen and oxygen atoms in total. The van der Waals surface area contributed by atoms with Crippen molar-refractivity contribution in [3.8, 4) is 0 Å². The van der Waals surface area contributed by atoms with Crippen LogP contribution in [0.4, 0.5) is 0 Å². The Hall–Kier alpha value is -4.82. The van der Waals surface area contributed by atoms with Crippen molar-refractivity contribution < 1.29 is 8.83 Å². The van der Waals surface area contributed by atoms with Crippen molar-refractivity contribution in [1.29, 1.82) is 0 Å². The van der Waals surface area contributed by atoms with E-state index in [0.717, 1.165) is 33.1 Å². The topological polar surface area (TPSA) is 26.3 Å². The summed E-state index contributed by atoms with van der Waals surface area (Å²) in [5.74, 6) is 0. The van der Waals surface area contributed by atoms with E-state index in [2.05, 4.69) is 109 Å². The van der Waals surface area contributed by atoms with Crippen LogP contribution < -0.4 is 0 Å². The second kappa shape index (κ2) is 6.44. The van der Waals surface area contributed by atoms with Gasteiger partial charge in [-0.1, -0.05) is 72.8 Å². The van der Waals surface area contributed by atoms with E-state index in [0.29, 0.717) is 0 Å². The Morgan fingerprint density at radius 1 is 0.306 bits per heavy atom. The number of hydrogen-bond acceptors (Lipinski definition) is 2. The normalized spacial score (nSPS) is 12.4. The molecule has 0 radical (unpaired) electrons. The lowest BCUT2D eigenvalue weighted by Gasteiger charge is -2.17. The Bertz CT molecular complexity index is 2200. The predicted molar refractivity (Wildman–Crippen MR) is 151 cm³/mol. The largest absolute Gasteiger partial charge is 0.456 e. The fraction of sp³-hybridized carbons (Fsp3) is 0. The van der Waals surface area contributed by atoms with Crippen molar-refractivity contribution >= 4 is 87.0 Å². The standard InChI is InChI=1S/C34H18O2/c1-3-9-21-17-29-25(15-19(21)7-1)31-23-11-5-14-28-34(23)32(24-12-6-13-27(35-29)33(24)31)26-16-20-8-2-4-10-22(20)18-30(26)36-28/h1-18H. The minimum atomic E-state index is 0.900.